The topological polar surface area (TPSA) is 199 Å². The number of alkyl carbamates (subject to hydrolysis) is 1. The highest BCUT2D eigenvalue weighted by atomic mass is 19.1. The normalized spacial score (nSPS) is 25.3. The van der Waals surface area contributed by atoms with Crippen LogP contribution < -0.4 is 32.7 Å². The standard InChI is InChI=1S/C23H33FN8O5/c24-15-7-5-14(6-8-15)18(33)27-10-3-1-2-4-11-28-21(34)37-13-16-17-23(31-19(25)30-17)22(35,36)9-12-32(23)20(26)29-16/h5-8,16-17,35-36H,1-4,9-13H2,(H7,25,26,27,28,29,30,31,33,34)/p+1/t16?,17-,23-/m0/s1. The number of rotatable bonds is 10. The first-order valence-corrected chi connectivity index (χ1v) is 12.3. The highest BCUT2D eigenvalue weighted by Gasteiger charge is 2.71. The minimum absolute atomic E-state index is 0.0381. The SMILES string of the molecule is NC1=N[C@H]2C(COC(=O)NCCCCCCNC(=O)c3ccc(F)cc3)NC(N)=[N+]3CCC(O)(O)[C@]23N1. The van der Waals surface area contributed by atoms with Crippen molar-refractivity contribution < 1.29 is 33.5 Å². The second-order valence-electron chi connectivity index (χ2n) is 9.41. The average molecular weight is 522 g/mol. The predicted octanol–water partition coefficient (Wildman–Crippen LogP) is -1.79. The molecule has 37 heavy (non-hydrogen) atoms. The number of benzene rings is 1. The summed E-state index contributed by atoms with van der Waals surface area (Å²) in [4.78, 5) is 28.5. The van der Waals surface area contributed by atoms with Gasteiger partial charge >= 0.3 is 12.1 Å². The van der Waals surface area contributed by atoms with Crippen molar-refractivity contribution in [1.29, 1.82) is 0 Å². The molecule has 3 aliphatic heterocycles. The van der Waals surface area contributed by atoms with Crippen molar-refractivity contribution in [3.8, 4) is 0 Å². The number of guanidine groups is 2. The molecule has 0 radical (unpaired) electrons. The first-order chi connectivity index (χ1) is 17.6. The lowest BCUT2D eigenvalue weighted by Gasteiger charge is -2.42. The Hall–Kier alpha value is -3.65. The minimum Gasteiger partial charge on any atom is -0.446 e. The van der Waals surface area contributed by atoms with Gasteiger partial charge in [-0.2, -0.15) is 0 Å². The van der Waals surface area contributed by atoms with Crippen LogP contribution in [0.1, 0.15) is 42.5 Å². The highest BCUT2D eigenvalue weighted by Crippen LogP contribution is 2.40. The molecule has 202 valence electrons. The van der Waals surface area contributed by atoms with Gasteiger partial charge < -0.3 is 36.6 Å². The van der Waals surface area contributed by atoms with Crippen LogP contribution in [0.4, 0.5) is 9.18 Å². The van der Waals surface area contributed by atoms with E-state index in [0.717, 1.165) is 25.7 Å². The van der Waals surface area contributed by atoms with Crippen molar-refractivity contribution >= 4 is 23.9 Å². The molecule has 4 rings (SSSR count). The number of carbonyl (C=O) groups excluding carboxylic acids is 2. The number of carbonyl (C=O) groups is 2. The molecule has 2 amide bonds. The summed E-state index contributed by atoms with van der Waals surface area (Å²) in [6.07, 6.45) is 2.63. The Balaban J connectivity index is 1.13. The third-order valence-corrected chi connectivity index (χ3v) is 6.91. The van der Waals surface area contributed by atoms with E-state index in [-0.39, 0.29) is 43.2 Å². The summed E-state index contributed by atoms with van der Waals surface area (Å²) >= 11 is 0. The number of unbranched alkanes of at least 4 members (excludes halogenated alkanes) is 3. The van der Waals surface area contributed by atoms with Crippen molar-refractivity contribution in [2.24, 2.45) is 16.5 Å². The van der Waals surface area contributed by atoms with E-state index in [0.29, 0.717) is 18.7 Å². The van der Waals surface area contributed by atoms with Crippen LogP contribution in [-0.4, -0.2) is 88.5 Å². The lowest BCUT2D eigenvalue weighted by atomic mass is 9.87. The summed E-state index contributed by atoms with van der Waals surface area (Å²) in [5, 5.41) is 32.7. The van der Waals surface area contributed by atoms with Crippen LogP contribution in [0.2, 0.25) is 0 Å². The molecule has 10 N–H and O–H groups in total. The van der Waals surface area contributed by atoms with E-state index in [1.807, 2.05) is 0 Å². The van der Waals surface area contributed by atoms with Crippen LogP contribution in [0.15, 0.2) is 29.3 Å². The largest absolute Gasteiger partial charge is 0.446 e. The number of nitrogens with two attached hydrogens (primary N) is 2. The van der Waals surface area contributed by atoms with Crippen LogP contribution in [0, 0.1) is 5.82 Å². The summed E-state index contributed by atoms with van der Waals surface area (Å²) in [5.74, 6) is -2.51. The fourth-order valence-electron chi connectivity index (χ4n) is 5.05. The van der Waals surface area contributed by atoms with Crippen molar-refractivity contribution in [3.63, 3.8) is 0 Å². The molecule has 0 aliphatic carbocycles. The Bertz CT molecular complexity index is 1080. The van der Waals surface area contributed by atoms with E-state index in [4.69, 9.17) is 16.2 Å². The number of nitrogens with zero attached hydrogens (tertiary/aromatic N) is 2. The van der Waals surface area contributed by atoms with Gasteiger partial charge in [0.1, 0.15) is 18.5 Å². The molecule has 1 spiro atoms. The van der Waals surface area contributed by atoms with Crippen LogP contribution in [0.5, 0.6) is 0 Å². The molecule has 3 atom stereocenters. The molecule has 3 aliphatic rings. The maximum absolute atomic E-state index is 12.9. The maximum Gasteiger partial charge on any atom is 0.407 e. The Morgan fingerprint density at radius 2 is 1.81 bits per heavy atom. The van der Waals surface area contributed by atoms with Crippen molar-refractivity contribution in [2.45, 2.75) is 55.6 Å². The summed E-state index contributed by atoms with van der Waals surface area (Å²) < 4.78 is 19.8. The maximum atomic E-state index is 12.9. The van der Waals surface area contributed by atoms with Crippen LogP contribution in [-0.2, 0) is 4.74 Å². The van der Waals surface area contributed by atoms with Gasteiger partial charge in [0.15, 0.2) is 12.0 Å². The zero-order chi connectivity index (χ0) is 26.6. The smallest absolute Gasteiger partial charge is 0.407 e. The van der Waals surface area contributed by atoms with Crippen LogP contribution in [0.3, 0.4) is 0 Å². The molecule has 1 aromatic carbocycles. The fraction of sp³-hybridized carbons (Fsp3) is 0.565. The van der Waals surface area contributed by atoms with E-state index >= 15 is 0 Å². The summed E-state index contributed by atoms with van der Waals surface area (Å²) in [6.45, 7) is 1.09. The quantitative estimate of drug-likeness (QED) is 0.0995. The zero-order valence-corrected chi connectivity index (χ0v) is 20.4. The molecule has 13 nitrogen and oxygen atoms in total. The first kappa shape index (κ1) is 26.4. The number of amides is 2. The van der Waals surface area contributed by atoms with Crippen molar-refractivity contribution in [2.75, 3.05) is 26.2 Å². The number of nitrogens with one attached hydrogen (secondary N) is 4. The molecule has 0 aromatic heterocycles. The van der Waals surface area contributed by atoms with Gasteiger partial charge in [-0.3, -0.25) is 15.8 Å². The Morgan fingerprint density at radius 1 is 1.14 bits per heavy atom. The summed E-state index contributed by atoms with van der Waals surface area (Å²) in [7, 11) is 0. The molecule has 1 aromatic rings. The highest BCUT2D eigenvalue weighted by molar-refractivity contribution is 5.94. The lowest BCUT2D eigenvalue weighted by molar-refractivity contribution is -0.623. The molecule has 1 saturated heterocycles. The number of ether oxygens (including phenoxy) is 1. The fourth-order valence-corrected chi connectivity index (χ4v) is 5.05. The average Bonchev–Trinajstić information content (AvgIpc) is 3.35. The van der Waals surface area contributed by atoms with Crippen LogP contribution >= 0.6 is 0 Å². The minimum atomic E-state index is -2.14. The molecule has 1 fully saturated rings. The van der Waals surface area contributed by atoms with Gasteiger partial charge in [0, 0.05) is 25.1 Å². The molecular weight excluding hydrogens is 487 g/mol. The number of aliphatic hydroxyl groups is 2. The third-order valence-electron chi connectivity index (χ3n) is 6.91. The first-order valence-electron chi connectivity index (χ1n) is 12.3. The van der Waals surface area contributed by atoms with E-state index < -0.39 is 29.6 Å². The van der Waals surface area contributed by atoms with Gasteiger partial charge in [-0.25, -0.2) is 18.8 Å². The monoisotopic (exact) mass is 521 g/mol. The van der Waals surface area contributed by atoms with Gasteiger partial charge in [-0.15, -0.1) is 0 Å². The van der Waals surface area contributed by atoms with E-state index in [1.54, 1.807) is 4.58 Å². The molecule has 0 saturated carbocycles. The number of aliphatic imine (C=N–C) groups is 1. The zero-order valence-electron chi connectivity index (χ0n) is 20.4. The van der Waals surface area contributed by atoms with Crippen molar-refractivity contribution in [1.82, 2.24) is 21.3 Å². The Kier molecular flexibility index (Phi) is 7.68. The molecule has 14 heteroatoms. The van der Waals surface area contributed by atoms with Gasteiger partial charge in [-0.1, -0.05) is 12.8 Å². The van der Waals surface area contributed by atoms with E-state index in [2.05, 4.69) is 26.3 Å². The van der Waals surface area contributed by atoms with Crippen molar-refractivity contribution in [3.05, 3.63) is 35.6 Å². The molecule has 3 heterocycles. The van der Waals surface area contributed by atoms with Crippen LogP contribution in [0.25, 0.3) is 0 Å². The molecule has 0 bridgehead atoms. The predicted molar refractivity (Wildman–Crippen MR) is 131 cm³/mol. The second-order valence-corrected chi connectivity index (χ2v) is 9.41. The van der Waals surface area contributed by atoms with Gasteiger partial charge in [0.05, 0.1) is 6.54 Å². The Morgan fingerprint density at radius 3 is 2.51 bits per heavy atom. The molecule has 1 unspecified atom stereocenters. The number of hydrogen-bond donors (Lipinski definition) is 8. The van der Waals surface area contributed by atoms with E-state index in [9.17, 15) is 24.2 Å². The van der Waals surface area contributed by atoms with Gasteiger partial charge in [-0.05, 0) is 37.1 Å². The molecular formula is C23H34FN8O5+. The third kappa shape index (κ3) is 5.39. The number of hydrogen-bond acceptors (Lipinski definition) is 10. The number of halogens is 1. The second kappa shape index (κ2) is 10.8. The summed E-state index contributed by atoms with van der Waals surface area (Å²) in [5.41, 5.74) is 11.0. The van der Waals surface area contributed by atoms with Gasteiger partial charge in [0.25, 0.3) is 5.91 Å². The summed E-state index contributed by atoms with van der Waals surface area (Å²) in [6, 6.07) is 3.99. The lowest BCUT2D eigenvalue weighted by Crippen LogP contribution is -2.77. The van der Waals surface area contributed by atoms with E-state index in [1.165, 1.54) is 24.3 Å². The van der Waals surface area contributed by atoms with Gasteiger partial charge in [0.2, 0.25) is 11.4 Å². The Labute approximate surface area is 213 Å².